The van der Waals surface area contributed by atoms with E-state index in [9.17, 15) is 18.0 Å². The Morgan fingerprint density at radius 2 is 2.00 bits per heavy atom. The van der Waals surface area contributed by atoms with Crippen molar-refractivity contribution in [3.05, 3.63) is 40.9 Å². The minimum Gasteiger partial charge on any atom is -0.358 e. The Labute approximate surface area is 185 Å². The summed E-state index contributed by atoms with van der Waals surface area (Å²) < 4.78 is 38.4. The highest BCUT2D eigenvalue weighted by molar-refractivity contribution is 7.15. The lowest BCUT2D eigenvalue weighted by molar-refractivity contribution is -0.138. The van der Waals surface area contributed by atoms with Crippen molar-refractivity contribution >= 4 is 22.4 Å². The molecule has 170 valence electrons. The quantitative estimate of drug-likeness (QED) is 0.616. The van der Waals surface area contributed by atoms with Crippen molar-refractivity contribution in [3.63, 3.8) is 0 Å². The molecule has 1 N–H and O–H groups in total. The highest BCUT2D eigenvalue weighted by atomic mass is 32.1. The van der Waals surface area contributed by atoms with E-state index in [4.69, 9.17) is 0 Å². The van der Waals surface area contributed by atoms with E-state index in [1.165, 1.54) is 17.2 Å². The average Bonchev–Trinajstić information content (AvgIpc) is 3.44. The summed E-state index contributed by atoms with van der Waals surface area (Å²) in [6.45, 7) is 4.58. The van der Waals surface area contributed by atoms with E-state index in [1.807, 2.05) is 6.92 Å². The molecule has 1 fully saturated rings. The van der Waals surface area contributed by atoms with Gasteiger partial charge in [0.15, 0.2) is 5.69 Å². The minimum atomic E-state index is -4.54. The number of halogens is 3. The van der Waals surface area contributed by atoms with Gasteiger partial charge in [0.2, 0.25) is 10.1 Å². The summed E-state index contributed by atoms with van der Waals surface area (Å²) in [5, 5.41) is 17.0. The maximum atomic E-state index is 13.6. The van der Waals surface area contributed by atoms with Gasteiger partial charge in [-0.1, -0.05) is 18.3 Å². The van der Waals surface area contributed by atoms with Gasteiger partial charge < -0.3 is 10.2 Å². The number of alkyl halides is 3. The highest BCUT2D eigenvalue weighted by Gasteiger charge is 2.37. The molecule has 1 aliphatic heterocycles. The van der Waals surface area contributed by atoms with Gasteiger partial charge in [0, 0.05) is 18.8 Å². The molecule has 4 rings (SSSR count). The van der Waals surface area contributed by atoms with Crippen LogP contribution in [0.15, 0.2) is 24.5 Å². The number of amides is 1. The molecule has 1 amide bonds. The lowest BCUT2D eigenvalue weighted by Crippen LogP contribution is -2.51. The molecule has 3 aromatic heterocycles. The van der Waals surface area contributed by atoms with Gasteiger partial charge in [-0.25, -0.2) is 4.98 Å². The number of anilines is 1. The van der Waals surface area contributed by atoms with Crippen LogP contribution in [0.2, 0.25) is 0 Å². The van der Waals surface area contributed by atoms with Gasteiger partial charge in [0.05, 0.1) is 18.4 Å². The van der Waals surface area contributed by atoms with Crippen LogP contribution in [0.5, 0.6) is 0 Å². The molecule has 1 saturated heterocycles. The number of hydrogen-bond donors (Lipinski definition) is 1. The van der Waals surface area contributed by atoms with Crippen LogP contribution in [-0.4, -0.2) is 60.1 Å². The fourth-order valence-electron chi connectivity index (χ4n) is 3.76. The summed E-state index contributed by atoms with van der Waals surface area (Å²) in [6, 6.07) is 3.27. The van der Waals surface area contributed by atoms with Gasteiger partial charge in [0.1, 0.15) is 5.69 Å². The summed E-state index contributed by atoms with van der Waals surface area (Å²) in [7, 11) is 0. The zero-order valence-electron chi connectivity index (χ0n) is 17.4. The van der Waals surface area contributed by atoms with Crippen molar-refractivity contribution in [1.29, 1.82) is 0 Å². The Hall–Kier alpha value is -3.09. The summed E-state index contributed by atoms with van der Waals surface area (Å²) >= 11 is 0.444. The molecular weight excluding hydrogens is 445 g/mol. The van der Waals surface area contributed by atoms with Gasteiger partial charge in [-0.2, -0.15) is 23.4 Å². The third-order valence-corrected chi connectivity index (χ3v) is 6.28. The van der Waals surface area contributed by atoms with E-state index in [2.05, 4.69) is 30.7 Å². The van der Waals surface area contributed by atoms with Crippen molar-refractivity contribution in [3.8, 4) is 5.69 Å². The number of piperidine rings is 1. The predicted octanol–water partition coefficient (Wildman–Crippen LogP) is 3.19. The van der Waals surface area contributed by atoms with Gasteiger partial charge in [-0.05, 0) is 37.8 Å². The molecule has 1 aliphatic rings. The van der Waals surface area contributed by atoms with E-state index in [0.29, 0.717) is 29.3 Å². The molecule has 2 atom stereocenters. The van der Waals surface area contributed by atoms with E-state index >= 15 is 0 Å². The second-order valence-corrected chi connectivity index (χ2v) is 8.59. The van der Waals surface area contributed by atoms with Crippen molar-refractivity contribution in [2.24, 2.45) is 5.92 Å². The average molecular weight is 466 g/mol. The number of aromatic nitrogens is 6. The normalized spacial score (nSPS) is 19.2. The van der Waals surface area contributed by atoms with Crippen LogP contribution < -0.4 is 5.32 Å². The minimum absolute atomic E-state index is 0.0672. The number of nitrogens with one attached hydrogen (secondary N) is 1. The molecule has 0 radical (unpaired) electrons. The second kappa shape index (κ2) is 8.81. The van der Waals surface area contributed by atoms with Crippen molar-refractivity contribution in [1.82, 2.24) is 35.1 Å². The SMILES string of the molecule is Cc1ccc(-n2nccn2)c(C(=O)N2CCCC(C)C2CNc2nnc(C(F)(F)F)s2)n1. The Bertz CT molecular complexity index is 1080. The first-order valence-corrected chi connectivity index (χ1v) is 10.9. The van der Waals surface area contributed by atoms with Crippen LogP contribution in [0, 0.1) is 12.8 Å². The van der Waals surface area contributed by atoms with Gasteiger partial charge in [-0.15, -0.1) is 15.0 Å². The van der Waals surface area contributed by atoms with Crippen LogP contribution in [0.1, 0.15) is 41.0 Å². The molecule has 0 aromatic carbocycles. The number of rotatable bonds is 5. The number of pyridine rings is 1. The monoisotopic (exact) mass is 466 g/mol. The molecule has 2 unspecified atom stereocenters. The maximum Gasteiger partial charge on any atom is 0.445 e. The number of aryl methyl sites for hydroxylation is 1. The Morgan fingerprint density at radius 3 is 2.69 bits per heavy atom. The van der Waals surface area contributed by atoms with Crippen molar-refractivity contribution in [2.45, 2.75) is 38.9 Å². The van der Waals surface area contributed by atoms with Crippen molar-refractivity contribution in [2.75, 3.05) is 18.4 Å². The summed E-state index contributed by atoms with van der Waals surface area (Å²) in [5.74, 6) is -0.140. The summed E-state index contributed by atoms with van der Waals surface area (Å²) in [6.07, 6.45) is 0.212. The number of carbonyl (C=O) groups is 1. The van der Waals surface area contributed by atoms with E-state index in [-0.39, 0.29) is 35.2 Å². The van der Waals surface area contributed by atoms with Gasteiger partial charge in [-0.3, -0.25) is 4.79 Å². The van der Waals surface area contributed by atoms with E-state index in [1.54, 1.807) is 24.0 Å². The third kappa shape index (κ3) is 4.56. The fourth-order valence-corrected chi connectivity index (χ4v) is 4.38. The fraction of sp³-hybridized carbons (Fsp3) is 0.474. The molecule has 0 bridgehead atoms. The van der Waals surface area contributed by atoms with Crippen LogP contribution in [0.3, 0.4) is 0 Å². The van der Waals surface area contributed by atoms with Crippen LogP contribution >= 0.6 is 11.3 Å². The summed E-state index contributed by atoms with van der Waals surface area (Å²) in [4.78, 5) is 21.1. The van der Waals surface area contributed by atoms with Gasteiger partial charge >= 0.3 is 6.18 Å². The molecule has 0 spiro atoms. The van der Waals surface area contributed by atoms with E-state index < -0.39 is 11.2 Å². The first-order chi connectivity index (χ1) is 15.2. The molecule has 13 heteroatoms. The molecule has 32 heavy (non-hydrogen) atoms. The molecule has 9 nitrogen and oxygen atoms in total. The number of nitrogens with zero attached hydrogens (tertiary/aromatic N) is 7. The topological polar surface area (TPSA) is 102 Å². The smallest absolute Gasteiger partial charge is 0.358 e. The predicted molar refractivity (Wildman–Crippen MR) is 111 cm³/mol. The second-order valence-electron chi connectivity index (χ2n) is 7.62. The lowest BCUT2D eigenvalue weighted by Gasteiger charge is -2.40. The first kappa shape index (κ1) is 22.1. The molecule has 3 aromatic rings. The van der Waals surface area contributed by atoms with Crippen molar-refractivity contribution < 1.29 is 18.0 Å². The standard InChI is InChI=1S/C19H21F3N8OS/c1-11-4-3-9-29(14(11)10-23-18-28-27-17(32-18)19(20,21)22)16(31)15-13(6-5-12(2)26-15)30-24-7-8-25-30/h5-8,11,14H,3-4,9-10H2,1-2H3,(H,23,28). The lowest BCUT2D eigenvalue weighted by atomic mass is 9.90. The summed E-state index contributed by atoms with van der Waals surface area (Å²) in [5.41, 5.74) is 1.38. The largest absolute Gasteiger partial charge is 0.445 e. The van der Waals surface area contributed by atoms with Gasteiger partial charge in [0.25, 0.3) is 5.91 Å². The Kier molecular flexibility index (Phi) is 6.09. The van der Waals surface area contributed by atoms with Crippen LogP contribution in [0.25, 0.3) is 5.69 Å². The maximum absolute atomic E-state index is 13.6. The zero-order valence-corrected chi connectivity index (χ0v) is 18.2. The molecular formula is C19H21F3N8OS. The number of likely N-dealkylation sites (tertiary alicyclic amines) is 1. The third-order valence-electron chi connectivity index (χ3n) is 5.36. The zero-order chi connectivity index (χ0) is 22.9. The Balaban J connectivity index is 1.57. The molecule has 0 saturated carbocycles. The Morgan fingerprint density at radius 1 is 1.25 bits per heavy atom. The van der Waals surface area contributed by atoms with E-state index in [0.717, 1.165) is 12.8 Å². The first-order valence-electron chi connectivity index (χ1n) is 10.0. The number of hydrogen-bond acceptors (Lipinski definition) is 8. The van der Waals surface area contributed by atoms with Crippen LogP contribution in [-0.2, 0) is 6.18 Å². The molecule has 4 heterocycles. The number of carbonyl (C=O) groups excluding carboxylic acids is 1. The van der Waals surface area contributed by atoms with Crippen LogP contribution in [0.4, 0.5) is 18.3 Å². The molecule has 0 aliphatic carbocycles. The highest BCUT2D eigenvalue weighted by Crippen LogP contribution is 2.33.